The molecule has 0 aromatic carbocycles. The number of amides is 1. The minimum Gasteiger partial charge on any atom is -0.367 e. The molecule has 0 radical (unpaired) electrons. The monoisotopic (exact) mass is 171 g/mol. The zero-order valence-corrected chi connectivity index (χ0v) is 8.85. The van der Waals surface area contributed by atoms with Gasteiger partial charge >= 0.3 is 0 Å². The van der Waals surface area contributed by atoms with Gasteiger partial charge in [-0.05, 0) is 13.0 Å². The number of carbonyl (C=O) groups is 1. The summed E-state index contributed by atoms with van der Waals surface area (Å²) in [7, 11) is -1.46. The summed E-state index contributed by atoms with van der Waals surface area (Å²) in [5, 5.41) is 0. The minimum atomic E-state index is -1.46. The Morgan fingerprint density at radius 1 is 1.55 bits per heavy atom. The van der Waals surface area contributed by atoms with Gasteiger partial charge in [0.25, 0.3) is 0 Å². The lowest BCUT2D eigenvalue weighted by atomic mass is 10.6. The molecule has 1 amide bonds. The summed E-state index contributed by atoms with van der Waals surface area (Å²) >= 11 is 0. The highest BCUT2D eigenvalue weighted by atomic mass is 28.3. The molecule has 0 aliphatic heterocycles. The van der Waals surface area contributed by atoms with Crippen LogP contribution in [0.3, 0.4) is 0 Å². The third-order valence-electron chi connectivity index (χ3n) is 1.57. The van der Waals surface area contributed by atoms with Gasteiger partial charge in [-0.1, -0.05) is 26.2 Å². The van der Waals surface area contributed by atoms with Gasteiger partial charge in [0, 0.05) is 6.54 Å². The lowest BCUT2D eigenvalue weighted by Gasteiger charge is -2.32. The van der Waals surface area contributed by atoms with Gasteiger partial charge in [-0.15, -0.1) is 0 Å². The second-order valence-electron chi connectivity index (χ2n) is 3.46. The lowest BCUT2D eigenvalue weighted by Crippen LogP contribution is -2.48. The standard InChI is InChI=1S/C8H17NOSi/c1-6-8(10)9(7-2)11(3,4)5/h6H,1,7H2,2-5H3. The van der Waals surface area contributed by atoms with Crippen molar-refractivity contribution in [3.05, 3.63) is 12.7 Å². The first kappa shape index (κ1) is 10.4. The number of hydrogen-bond acceptors (Lipinski definition) is 1. The molecule has 0 fully saturated rings. The van der Waals surface area contributed by atoms with E-state index in [1.807, 2.05) is 11.5 Å². The summed E-state index contributed by atoms with van der Waals surface area (Å²) in [6.45, 7) is 12.7. The Morgan fingerprint density at radius 3 is 2.09 bits per heavy atom. The molecule has 0 saturated carbocycles. The average Bonchev–Trinajstić information content (AvgIpc) is 1.86. The van der Waals surface area contributed by atoms with Gasteiger partial charge < -0.3 is 4.57 Å². The smallest absolute Gasteiger partial charge is 0.238 e. The predicted molar refractivity (Wildman–Crippen MR) is 50.9 cm³/mol. The molecule has 0 aromatic heterocycles. The van der Waals surface area contributed by atoms with Crippen LogP contribution in [0.1, 0.15) is 6.92 Å². The Balaban J connectivity index is 4.41. The number of carbonyl (C=O) groups excluding carboxylic acids is 1. The quantitative estimate of drug-likeness (QED) is 0.469. The lowest BCUT2D eigenvalue weighted by molar-refractivity contribution is -0.122. The highest BCUT2D eigenvalue weighted by Crippen LogP contribution is 2.08. The van der Waals surface area contributed by atoms with E-state index >= 15 is 0 Å². The number of nitrogens with zero attached hydrogens (tertiary/aromatic N) is 1. The molecule has 0 aromatic rings. The van der Waals surface area contributed by atoms with Crippen molar-refractivity contribution in [2.75, 3.05) is 6.54 Å². The zero-order chi connectivity index (χ0) is 9.07. The van der Waals surface area contributed by atoms with E-state index < -0.39 is 8.24 Å². The summed E-state index contributed by atoms with van der Waals surface area (Å²) in [6.07, 6.45) is 1.39. The molecule has 0 atom stereocenters. The largest absolute Gasteiger partial charge is 0.367 e. The van der Waals surface area contributed by atoms with Gasteiger partial charge in [0.05, 0.1) is 0 Å². The highest BCUT2D eigenvalue weighted by Gasteiger charge is 2.24. The normalized spacial score (nSPS) is 10.9. The van der Waals surface area contributed by atoms with Crippen LogP contribution >= 0.6 is 0 Å². The van der Waals surface area contributed by atoms with Crippen molar-refractivity contribution in [2.24, 2.45) is 0 Å². The Kier molecular flexibility index (Phi) is 3.52. The summed E-state index contributed by atoms with van der Waals surface area (Å²) in [4.78, 5) is 11.2. The van der Waals surface area contributed by atoms with Gasteiger partial charge in [-0.25, -0.2) is 0 Å². The molecule has 0 rings (SSSR count). The van der Waals surface area contributed by atoms with E-state index in [2.05, 4.69) is 26.2 Å². The molecule has 0 aliphatic carbocycles. The fraction of sp³-hybridized carbons (Fsp3) is 0.625. The fourth-order valence-corrected chi connectivity index (χ4v) is 2.77. The van der Waals surface area contributed by atoms with Crippen LogP contribution in [-0.2, 0) is 4.79 Å². The average molecular weight is 171 g/mol. The van der Waals surface area contributed by atoms with Crippen molar-refractivity contribution in [3.63, 3.8) is 0 Å². The molecule has 0 aliphatic rings. The number of likely N-dealkylation sites (N-methyl/N-ethyl adjacent to an activating group) is 1. The summed E-state index contributed by atoms with van der Waals surface area (Å²) in [5.41, 5.74) is 0. The zero-order valence-electron chi connectivity index (χ0n) is 7.85. The van der Waals surface area contributed by atoms with E-state index in [1.54, 1.807) is 0 Å². The third-order valence-corrected chi connectivity index (χ3v) is 3.72. The summed E-state index contributed by atoms with van der Waals surface area (Å²) in [6, 6.07) is 0. The fourth-order valence-electron chi connectivity index (χ4n) is 1.07. The maximum absolute atomic E-state index is 11.2. The first-order chi connectivity index (χ1) is 4.93. The molecule has 3 heteroatoms. The van der Waals surface area contributed by atoms with E-state index in [4.69, 9.17) is 0 Å². The highest BCUT2D eigenvalue weighted by molar-refractivity contribution is 6.75. The second-order valence-corrected chi connectivity index (χ2v) is 8.34. The van der Waals surface area contributed by atoms with Gasteiger partial charge in [0.2, 0.25) is 5.91 Å². The number of hydrogen-bond donors (Lipinski definition) is 0. The summed E-state index contributed by atoms with van der Waals surface area (Å²) in [5.74, 6) is 0.0617. The van der Waals surface area contributed by atoms with Gasteiger partial charge in [-0.2, -0.15) is 0 Å². The third kappa shape index (κ3) is 2.88. The first-order valence-electron chi connectivity index (χ1n) is 3.87. The van der Waals surface area contributed by atoms with Crippen LogP contribution in [0.25, 0.3) is 0 Å². The van der Waals surface area contributed by atoms with Gasteiger partial charge in [0.1, 0.15) is 0 Å². The van der Waals surface area contributed by atoms with E-state index in [-0.39, 0.29) is 5.91 Å². The molecule has 0 bridgehead atoms. The van der Waals surface area contributed by atoms with Crippen molar-refractivity contribution >= 4 is 14.1 Å². The topological polar surface area (TPSA) is 20.3 Å². The maximum Gasteiger partial charge on any atom is 0.238 e. The Labute approximate surface area is 70.0 Å². The molecule has 11 heavy (non-hydrogen) atoms. The van der Waals surface area contributed by atoms with E-state index in [1.165, 1.54) is 6.08 Å². The SMILES string of the molecule is C=CC(=O)N(CC)[Si](C)(C)C. The van der Waals surface area contributed by atoms with Crippen LogP contribution in [0, 0.1) is 0 Å². The van der Waals surface area contributed by atoms with Crippen LogP contribution in [0.5, 0.6) is 0 Å². The van der Waals surface area contributed by atoms with Crippen molar-refractivity contribution in [3.8, 4) is 0 Å². The van der Waals surface area contributed by atoms with Gasteiger partial charge in [0.15, 0.2) is 8.24 Å². The van der Waals surface area contributed by atoms with Crippen molar-refractivity contribution in [1.82, 2.24) is 4.57 Å². The molecule has 0 heterocycles. The Hall–Kier alpha value is -0.573. The Morgan fingerprint density at radius 2 is 2.00 bits per heavy atom. The van der Waals surface area contributed by atoms with Crippen LogP contribution in [-0.4, -0.2) is 25.3 Å². The second kappa shape index (κ2) is 3.71. The van der Waals surface area contributed by atoms with Crippen LogP contribution < -0.4 is 0 Å². The minimum absolute atomic E-state index is 0.0617. The van der Waals surface area contributed by atoms with Crippen LogP contribution in [0.4, 0.5) is 0 Å². The van der Waals surface area contributed by atoms with Crippen LogP contribution in [0.15, 0.2) is 12.7 Å². The van der Waals surface area contributed by atoms with Crippen molar-refractivity contribution in [2.45, 2.75) is 26.6 Å². The number of rotatable bonds is 3. The van der Waals surface area contributed by atoms with E-state index in [0.717, 1.165) is 6.54 Å². The Bertz CT molecular complexity index is 160. The molecule has 0 spiro atoms. The van der Waals surface area contributed by atoms with E-state index in [9.17, 15) is 4.79 Å². The van der Waals surface area contributed by atoms with E-state index in [0.29, 0.717) is 0 Å². The molecule has 0 saturated heterocycles. The molecule has 0 N–H and O–H groups in total. The van der Waals surface area contributed by atoms with Gasteiger partial charge in [-0.3, -0.25) is 4.79 Å². The van der Waals surface area contributed by atoms with Crippen molar-refractivity contribution < 1.29 is 4.79 Å². The first-order valence-corrected chi connectivity index (χ1v) is 7.32. The molecular formula is C8H17NOSi. The molecule has 64 valence electrons. The van der Waals surface area contributed by atoms with Crippen LogP contribution in [0.2, 0.25) is 19.6 Å². The maximum atomic E-state index is 11.2. The summed E-state index contributed by atoms with van der Waals surface area (Å²) < 4.78 is 1.92. The van der Waals surface area contributed by atoms with Crippen molar-refractivity contribution in [1.29, 1.82) is 0 Å². The predicted octanol–water partition coefficient (Wildman–Crippen LogP) is 1.86. The molecule has 2 nitrogen and oxygen atoms in total. The molecular weight excluding hydrogens is 154 g/mol. The molecule has 0 unspecified atom stereocenters.